The summed E-state index contributed by atoms with van der Waals surface area (Å²) in [4.78, 5) is 24.5. The van der Waals surface area contributed by atoms with E-state index in [1.165, 1.54) is 0 Å². The molecule has 0 atom stereocenters. The van der Waals surface area contributed by atoms with E-state index in [0.717, 1.165) is 22.7 Å². The van der Waals surface area contributed by atoms with Gasteiger partial charge in [0.1, 0.15) is 5.82 Å². The Kier molecular flexibility index (Phi) is 4.62. The molecular weight excluding hydrogens is 344 g/mol. The number of imidazole rings is 1. The first-order valence-corrected chi connectivity index (χ1v) is 9.07. The van der Waals surface area contributed by atoms with Gasteiger partial charge in [-0.05, 0) is 38.1 Å². The van der Waals surface area contributed by atoms with Crippen LogP contribution in [0.2, 0.25) is 0 Å². The van der Waals surface area contributed by atoms with Gasteiger partial charge >= 0.3 is 6.09 Å². The van der Waals surface area contributed by atoms with E-state index in [0.29, 0.717) is 26.2 Å². The van der Waals surface area contributed by atoms with Gasteiger partial charge in [-0.15, -0.1) is 5.10 Å². The van der Waals surface area contributed by atoms with Crippen molar-refractivity contribution in [3.8, 4) is 11.3 Å². The van der Waals surface area contributed by atoms with Gasteiger partial charge in [-0.3, -0.25) is 4.98 Å². The molecule has 0 aliphatic carbocycles. The maximum atomic E-state index is 12.0. The number of hydrogen-bond donors (Lipinski definition) is 0. The normalized spacial score (nSPS) is 14.8. The minimum absolute atomic E-state index is 0.104. The predicted octanol–water partition coefficient (Wildman–Crippen LogP) is 2.46. The number of pyridine rings is 1. The van der Waals surface area contributed by atoms with Crippen LogP contribution in [0.3, 0.4) is 0 Å². The minimum atomic E-state index is -0.248. The molecule has 0 radical (unpaired) electrons. The van der Waals surface area contributed by atoms with Crippen LogP contribution in [0.25, 0.3) is 16.9 Å². The summed E-state index contributed by atoms with van der Waals surface area (Å²) in [5.41, 5.74) is 2.74. The second-order valence-corrected chi connectivity index (χ2v) is 6.75. The SMILES string of the molecule is CC(C)OC(=O)N1CCN(c2ccc3ncc(-c4ccncc4)n3n2)CC1. The average molecular weight is 366 g/mol. The Labute approximate surface area is 157 Å². The first-order valence-electron chi connectivity index (χ1n) is 9.07. The second-order valence-electron chi connectivity index (χ2n) is 6.75. The first-order chi connectivity index (χ1) is 13.1. The Morgan fingerprint density at radius 2 is 1.81 bits per heavy atom. The van der Waals surface area contributed by atoms with E-state index in [2.05, 4.69) is 14.9 Å². The Morgan fingerprint density at radius 1 is 1.07 bits per heavy atom. The second kappa shape index (κ2) is 7.22. The number of fused-ring (bicyclic) bond motifs is 1. The summed E-state index contributed by atoms with van der Waals surface area (Å²) in [7, 11) is 0. The number of rotatable bonds is 3. The topological polar surface area (TPSA) is 75.9 Å². The van der Waals surface area contributed by atoms with Crippen molar-refractivity contribution in [3.63, 3.8) is 0 Å². The number of piperazine rings is 1. The number of carbonyl (C=O) groups excluding carboxylic acids is 1. The van der Waals surface area contributed by atoms with E-state index in [4.69, 9.17) is 9.84 Å². The third-order valence-corrected chi connectivity index (χ3v) is 4.52. The van der Waals surface area contributed by atoms with E-state index in [1.807, 2.05) is 48.8 Å². The van der Waals surface area contributed by atoms with Crippen molar-refractivity contribution in [1.82, 2.24) is 24.5 Å². The lowest BCUT2D eigenvalue weighted by atomic mass is 10.2. The summed E-state index contributed by atoms with van der Waals surface area (Å²) >= 11 is 0. The van der Waals surface area contributed by atoms with E-state index in [-0.39, 0.29) is 12.2 Å². The third-order valence-electron chi connectivity index (χ3n) is 4.52. The molecular formula is C19H22N6O2. The van der Waals surface area contributed by atoms with Crippen LogP contribution in [-0.2, 0) is 4.74 Å². The van der Waals surface area contributed by atoms with Gasteiger partial charge in [0.05, 0.1) is 18.0 Å². The molecule has 1 fully saturated rings. The molecule has 3 aromatic heterocycles. The van der Waals surface area contributed by atoms with Gasteiger partial charge in [0, 0.05) is 44.1 Å². The number of carbonyl (C=O) groups is 1. The van der Waals surface area contributed by atoms with Crippen molar-refractivity contribution in [2.75, 3.05) is 31.1 Å². The lowest BCUT2D eigenvalue weighted by molar-refractivity contribution is 0.0751. The monoisotopic (exact) mass is 366 g/mol. The Bertz CT molecular complexity index is 932. The van der Waals surface area contributed by atoms with Crippen LogP contribution in [-0.4, -0.2) is 62.9 Å². The molecule has 4 heterocycles. The average Bonchev–Trinajstić information content (AvgIpc) is 3.11. The Morgan fingerprint density at radius 3 is 2.52 bits per heavy atom. The quantitative estimate of drug-likeness (QED) is 0.709. The zero-order chi connectivity index (χ0) is 18.8. The number of aromatic nitrogens is 4. The van der Waals surface area contributed by atoms with E-state index >= 15 is 0 Å². The van der Waals surface area contributed by atoms with Crippen molar-refractivity contribution in [2.24, 2.45) is 0 Å². The highest BCUT2D eigenvalue weighted by Crippen LogP contribution is 2.21. The summed E-state index contributed by atoms with van der Waals surface area (Å²) in [5.74, 6) is 0.868. The highest BCUT2D eigenvalue weighted by Gasteiger charge is 2.24. The molecule has 1 amide bonds. The molecule has 4 rings (SSSR count). The highest BCUT2D eigenvalue weighted by molar-refractivity contribution is 5.68. The molecule has 3 aromatic rings. The molecule has 0 bridgehead atoms. The fourth-order valence-electron chi connectivity index (χ4n) is 3.15. The van der Waals surface area contributed by atoms with Gasteiger partial charge in [-0.25, -0.2) is 14.3 Å². The molecule has 0 N–H and O–H groups in total. The molecule has 0 aromatic carbocycles. The lowest BCUT2D eigenvalue weighted by Crippen LogP contribution is -2.49. The summed E-state index contributed by atoms with van der Waals surface area (Å²) in [6.45, 7) is 6.38. The minimum Gasteiger partial charge on any atom is -0.447 e. The van der Waals surface area contributed by atoms with Crippen LogP contribution in [0.15, 0.2) is 42.9 Å². The van der Waals surface area contributed by atoms with Gasteiger partial charge in [-0.1, -0.05) is 0 Å². The number of ether oxygens (including phenoxy) is 1. The molecule has 1 aliphatic heterocycles. The van der Waals surface area contributed by atoms with Gasteiger partial charge < -0.3 is 14.5 Å². The van der Waals surface area contributed by atoms with Crippen molar-refractivity contribution in [2.45, 2.75) is 20.0 Å². The maximum Gasteiger partial charge on any atom is 0.410 e. The zero-order valence-corrected chi connectivity index (χ0v) is 15.4. The summed E-state index contributed by atoms with van der Waals surface area (Å²) < 4.78 is 7.13. The smallest absolute Gasteiger partial charge is 0.410 e. The molecule has 8 nitrogen and oxygen atoms in total. The zero-order valence-electron chi connectivity index (χ0n) is 15.4. The molecule has 27 heavy (non-hydrogen) atoms. The molecule has 0 spiro atoms. The van der Waals surface area contributed by atoms with Crippen LogP contribution in [0.1, 0.15) is 13.8 Å². The molecule has 140 valence electrons. The molecule has 8 heteroatoms. The highest BCUT2D eigenvalue weighted by atomic mass is 16.6. The number of nitrogens with zero attached hydrogens (tertiary/aromatic N) is 6. The Balaban J connectivity index is 1.53. The van der Waals surface area contributed by atoms with Crippen LogP contribution < -0.4 is 4.90 Å². The number of anilines is 1. The summed E-state index contributed by atoms with van der Waals surface area (Å²) in [6.07, 6.45) is 4.98. The van der Waals surface area contributed by atoms with E-state index in [9.17, 15) is 4.79 Å². The van der Waals surface area contributed by atoms with Gasteiger partial charge in [-0.2, -0.15) is 0 Å². The van der Waals surface area contributed by atoms with Crippen LogP contribution in [0.5, 0.6) is 0 Å². The van der Waals surface area contributed by atoms with Crippen molar-refractivity contribution in [1.29, 1.82) is 0 Å². The van der Waals surface area contributed by atoms with Crippen molar-refractivity contribution in [3.05, 3.63) is 42.9 Å². The molecule has 1 aliphatic rings. The Hall–Kier alpha value is -3.16. The third kappa shape index (κ3) is 3.55. The van der Waals surface area contributed by atoms with Gasteiger partial charge in [0.25, 0.3) is 0 Å². The van der Waals surface area contributed by atoms with Crippen LogP contribution in [0.4, 0.5) is 10.6 Å². The molecule has 0 unspecified atom stereocenters. The molecule has 0 saturated carbocycles. The van der Waals surface area contributed by atoms with E-state index in [1.54, 1.807) is 17.3 Å². The van der Waals surface area contributed by atoms with E-state index < -0.39 is 0 Å². The predicted molar refractivity (Wildman–Crippen MR) is 102 cm³/mol. The van der Waals surface area contributed by atoms with Crippen molar-refractivity contribution < 1.29 is 9.53 Å². The molecule has 1 saturated heterocycles. The largest absolute Gasteiger partial charge is 0.447 e. The van der Waals surface area contributed by atoms with Crippen LogP contribution in [0, 0.1) is 0 Å². The maximum absolute atomic E-state index is 12.0. The summed E-state index contributed by atoms with van der Waals surface area (Å²) in [5, 5.41) is 4.78. The lowest BCUT2D eigenvalue weighted by Gasteiger charge is -2.35. The van der Waals surface area contributed by atoms with Gasteiger partial charge in [0.15, 0.2) is 5.65 Å². The fraction of sp³-hybridized carbons (Fsp3) is 0.368. The van der Waals surface area contributed by atoms with Gasteiger partial charge in [0.2, 0.25) is 0 Å². The summed E-state index contributed by atoms with van der Waals surface area (Å²) in [6, 6.07) is 7.82. The van der Waals surface area contributed by atoms with Crippen molar-refractivity contribution >= 4 is 17.6 Å². The van der Waals surface area contributed by atoms with Crippen LogP contribution >= 0.6 is 0 Å². The first kappa shape index (κ1) is 17.3. The standard InChI is InChI=1S/C19H22N6O2/c1-14(2)27-19(26)24-11-9-23(10-12-24)18-4-3-17-21-13-16(25(17)22-18)15-5-7-20-8-6-15/h3-8,13-14H,9-12H2,1-2H3. The number of amides is 1. The fourth-order valence-corrected chi connectivity index (χ4v) is 3.15. The number of hydrogen-bond acceptors (Lipinski definition) is 6.